The summed E-state index contributed by atoms with van der Waals surface area (Å²) in [5.74, 6) is -0.240. The Morgan fingerprint density at radius 3 is 2.55 bits per heavy atom. The summed E-state index contributed by atoms with van der Waals surface area (Å²) in [5.41, 5.74) is 1.90. The number of amides is 2. The number of amidine groups is 1. The lowest BCUT2D eigenvalue weighted by atomic mass is 10.2. The van der Waals surface area contributed by atoms with Gasteiger partial charge in [0.05, 0.1) is 17.7 Å². The van der Waals surface area contributed by atoms with Gasteiger partial charge in [0.25, 0.3) is 11.8 Å². The Morgan fingerprint density at radius 1 is 1.10 bits per heavy atom. The van der Waals surface area contributed by atoms with Gasteiger partial charge in [-0.2, -0.15) is 0 Å². The van der Waals surface area contributed by atoms with Gasteiger partial charge in [0, 0.05) is 30.4 Å². The number of aliphatic imine (C=N–C) groups is 1. The largest absolute Gasteiger partial charge is 0.493 e. The van der Waals surface area contributed by atoms with E-state index in [-0.39, 0.29) is 12.5 Å². The topological polar surface area (TPSA) is 89.5 Å². The van der Waals surface area contributed by atoms with Gasteiger partial charge < -0.3 is 19.5 Å². The first-order chi connectivity index (χ1) is 19.4. The van der Waals surface area contributed by atoms with Crippen LogP contribution >= 0.6 is 27.7 Å². The van der Waals surface area contributed by atoms with Gasteiger partial charge >= 0.3 is 0 Å². The smallest absolute Gasteiger partial charge is 0.266 e. The number of nitrogens with one attached hydrogen (secondary N) is 1. The molecule has 0 aliphatic carbocycles. The molecule has 2 amide bonds. The van der Waals surface area contributed by atoms with Crippen molar-refractivity contribution in [2.75, 3.05) is 39.3 Å². The number of nitrogens with zero attached hydrogens (tertiary/aromatic N) is 2. The van der Waals surface area contributed by atoms with E-state index in [2.05, 4.69) is 21.2 Å². The van der Waals surface area contributed by atoms with Crippen LogP contribution in [0.3, 0.4) is 0 Å². The number of thioether (sulfide) groups is 1. The molecule has 0 saturated carbocycles. The van der Waals surface area contributed by atoms with E-state index in [1.54, 1.807) is 30.2 Å². The second kappa shape index (κ2) is 14.1. The lowest BCUT2D eigenvalue weighted by Crippen LogP contribution is -2.30. The summed E-state index contributed by atoms with van der Waals surface area (Å²) in [7, 11) is 3.12. The van der Waals surface area contributed by atoms with Gasteiger partial charge in [-0.15, -0.1) is 0 Å². The Hall–Kier alpha value is -3.67. The maximum atomic E-state index is 13.4. The molecule has 1 aliphatic heterocycles. The van der Waals surface area contributed by atoms with Crippen LogP contribution < -0.4 is 14.8 Å². The third kappa shape index (κ3) is 7.71. The molecular weight excluding hydrogens is 601 g/mol. The highest BCUT2D eigenvalue weighted by Gasteiger charge is 2.33. The van der Waals surface area contributed by atoms with E-state index in [4.69, 9.17) is 19.2 Å². The van der Waals surface area contributed by atoms with Gasteiger partial charge in [0.1, 0.15) is 5.82 Å². The molecule has 1 aliphatic rings. The van der Waals surface area contributed by atoms with Crippen molar-refractivity contribution in [1.29, 1.82) is 0 Å². The zero-order valence-electron chi connectivity index (χ0n) is 21.9. The number of carbonyl (C=O) groups is 2. The monoisotopic (exact) mass is 627 g/mol. The Labute approximate surface area is 244 Å². The highest BCUT2D eigenvalue weighted by Crippen LogP contribution is 2.39. The molecule has 0 spiro atoms. The fourth-order valence-electron chi connectivity index (χ4n) is 3.72. The summed E-state index contributed by atoms with van der Waals surface area (Å²) in [6.07, 6.45) is 2.43. The van der Waals surface area contributed by atoms with Gasteiger partial charge in [0.2, 0.25) is 0 Å². The molecule has 0 aromatic heterocycles. The third-order valence-corrected chi connectivity index (χ3v) is 7.35. The number of carbonyl (C=O) groups excluding carboxylic acids is 2. The fraction of sp³-hybridized carbons (Fsp3) is 0.207. The van der Waals surface area contributed by atoms with Crippen LogP contribution in [0.5, 0.6) is 11.5 Å². The van der Waals surface area contributed by atoms with Crippen LogP contribution in [-0.4, -0.2) is 55.9 Å². The molecule has 0 atom stereocenters. The number of hydrogen-bond acceptors (Lipinski definition) is 7. The number of anilines is 1. The molecule has 0 unspecified atom stereocenters. The maximum absolute atomic E-state index is 13.4. The van der Waals surface area contributed by atoms with Crippen molar-refractivity contribution in [1.82, 2.24) is 4.90 Å². The van der Waals surface area contributed by atoms with E-state index in [1.165, 1.54) is 43.1 Å². The van der Waals surface area contributed by atoms with Gasteiger partial charge in [-0.1, -0.05) is 34.1 Å². The first kappa shape index (κ1) is 29.3. The number of halogens is 2. The molecule has 208 valence electrons. The van der Waals surface area contributed by atoms with Gasteiger partial charge in [0.15, 0.2) is 23.3 Å². The first-order valence-electron chi connectivity index (χ1n) is 12.3. The normalized spacial score (nSPS) is 15.1. The number of para-hydroxylation sites is 1. The summed E-state index contributed by atoms with van der Waals surface area (Å²) >= 11 is 4.84. The summed E-state index contributed by atoms with van der Waals surface area (Å²) < 4.78 is 30.1. The van der Waals surface area contributed by atoms with E-state index < -0.39 is 11.7 Å². The molecule has 1 fully saturated rings. The van der Waals surface area contributed by atoms with Crippen molar-refractivity contribution in [3.8, 4) is 11.5 Å². The summed E-state index contributed by atoms with van der Waals surface area (Å²) in [6, 6.07) is 18.3. The van der Waals surface area contributed by atoms with Gasteiger partial charge in [-0.3, -0.25) is 14.5 Å². The fourth-order valence-corrected chi connectivity index (χ4v) is 5.17. The Kier molecular flexibility index (Phi) is 10.3. The Bertz CT molecular complexity index is 1420. The SMILES string of the molecule is COCCCN1C(=O)/C(=C/c2cc(OC)c(OCC(=O)Nc3ccc(F)cc3)cc2Br)SC1=Nc1ccccc1. The summed E-state index contributed by atoms with van der Waals surface area (Å²) in [6.45, 7) is 0.711. The highest BCUT2D eigenvalue weighted by molar-refractivity contribution is 9.10. The molecule has 11 heteroatoms. The molecule has 3 aromatic rings. The van der Waals surface area contributed by atoms with Crippen LogP contribution in [-0.2, 0) is 14.3 Å². The van der Waals surface area contributed by atoms with Crippen molar-refractivity contribution in [2.45, 2.75) is 6.42 Å². The predicted octanol–water partition coefficient (Wildman–Crippen LogP) is 6.25. The summed E-state index contributed by atoms with van der Waals surface area (Å²) in [4.78, 5) is 32.5. The van der Waals surface area contributed by atoms with Crippen molar-refractivity contribution in [3.05, 3.63) is 87.5 Å². The van der Waals surface area contributed by atoms with E-state index in [0.29, 0.717) is 56.9 Å². The number of rotatable bonds is 11. The molecule has 4 rings (SSSR count). The van der Waals surface area contributed by atoms with Crippen LogP contribution in [0.2, 0.25) is 0 Å². The standard InChI is InChI=1S/C29H27BrFN3O5S/c1-37-14-6-13-34-28(36)26(40-29(34)33-21-7-4-3-5-8-21)16-19-15-24(38-2)25(17-23(19)30)39-18-27(35)32-22-11-9-20(31)10-12-22/h3-5,7-12,15-17H,6,13-14,18H2,1-2H3,(H,32,35)/b26-16-,33-29?. The minimum Gasteiger partial charge on any atom is -0.493 e. The van der Waals surface area contributed by atoms with Crippen LogP contribution in [0.4, 0.5) is 15.8 Å². The van der Waals surface area contributed by atoms with Gasteiger partial charge in [-0.05, 0) is 78.4 Å². The predicted molar refractivity (Wildman–Crippen MR) is 159 cm³/mol. The second-order valence-electron chi connectivity index (χ2n) is 8.51. The van der Waals surface area contributed by atoms with Crippen molar-refractivity contribution < 1.29 is 28.2 Å². The summed E-state index contributed by atoms with van der Waals surface area (Å²) in [5, 5.41) is 3.23. The average Bonchev–Trinajstić information content (AvgIpc) is 3.24. The number of benzene rings is 3. The van der Waals surface area contributed by atoms with Crippen LogP contribution in [0.15, 0.2) is 81.1 Å². The van der Waals surface area contributed by atoms with Crippen molar-refractivity contribution in [2.24, 2.45) is 4.99 Å². The molecule has 1 heterocycles. The quantitative estimate of drug-likeness (QED) is 0.199. The van der Waals surface area contributed by atoms with E-state index >= 15 is 0 Å². The molecule has 1 N–H and O–H groups in total. The lowest BCUT2D eigenvalue weighted by Gasteiger charge is -2.15. The second-order valence-corrected chi connectivity index (χ2v) is 10.4. The molecule has 8 nitrogen and oxygen atoms in total. The minimum absolute atomic E-state index is 0.153. The number of hydrogen-bond donors (Lipinski definition) is 1. The van der Waals surface area contributed by atoms with Crippen LogP contribution in [0.1, 0.15) is 12.0 Å². The van der Waals surface area contributed by atoms with Gasteiger partial charge in [-0.25, -0.2) is 9.38 Å². The minimum atomic E-state index is -0.414. The lowest BCUT2D eigenvalue weighted by molar-refractivity contribution is -0.122. The molecule has 3 aromatic carbocycles. The van der Waals surface area contributed by atoms with E-state index in [9.17, 15) is 14.0 Å². The van der Waals surface area contributed by atoms with Crippen molar-refractivity contribution in [3.63, 3.8) is 0 Å². The van der Waals surface area contributed by atoms with E-state index in [0.717, 1.165) is 5.69 Å². The first-order valence-corrected chi connectivity index (χ1v) is 13.9. The van der Waals surface area contributed by atoms with Crippen LogP contribution in [0.25, 0.3) is 6.08 Å². The molecule has 0 radical (unpaired) electrons. The van der Waals surface area contributed by atoms with Crippen molar-refractivity contribution >= 4 is 62.1 Å². The van der Waals surface area contributed by atoms with E-state index in [1.807, 2.05) is 30.3 Å². The molecule has 0 bridgehead atoms. The molecular formula is C29H27BrFN3O5S. The zero-order chi connectivity index (χ0) is 28.5. The Morgan fingerprint density at radius 2 is 1.85 bits per heavy atom. The number of methoxy groups -OCH3 is 2. The number of ether oxygens (including phenoxy) is 3. The third-order valence-electron chi connectivity index (χ3n) is 5.66. The molecule has 40 heavy (non-hydrogen) atoms. The van der Waals surface area contributed by atoms with Crippen LogP contribution in [0, 0.1) is 5.82 Å². The Balaban J connectivity index is 1.52. The zero-order valence-corrected chi connectivity index (χ0v) is 24.3. The highest BCUT2D eigenvalue weighted by atomic mass is 79.9. The average molecular weight is 629 g/mol. The molecule has 1 saturated heterocycles. The maximum Gasteiger partial charge on any atom is 0.266 e.